The van der Waals surface area contributed by atoms with E-state index in [2.05, 4.69) is 0 Å². The number of fused-ring (bicyclic) bond motifs is 2. The summed E-state index contributed by atoms with van der Waals surface area (Å²) in [7, 11) is 3.44. The van der Waals surface area contributed by atoms with E-state index in [1.165, 1.54) is 0 Å². The molecule has 0 saturated heterocycles. The molecule has 6 unspecified atom stereocenters. The van der Waals surface area contributed by atoms with Crippen molar-refractivity contribution in [3.8, 4) is 0 Å². The van der Waals surface area contributed by atoms with Gasteiger partial charge in [0.05, 0.1) is 19.2 Å². The summed E-state index contributed by atoms with van der Waals surface area (Å²) < 4.78 is 5.35. The highest BCUT2D eigenvalue weighted by atomic mass is 16.9. The Kier molecular flexibility index (Phi) is 4.83. The maximum Gasteiger partial charge on any atom is 0.120 e. The van der Waals surface area contributed by atoms with E-state index >= 15 is 0 Å². The Balaban J connectivity index is 1.46. The van der Waals surface area contributed by atoms with Crippen LogP contribution in [0.2, 0.25) is 0 Å². The molecule has 0 aromatic rings. The maximum absolute atomic E-state index is 12.4. The summed E-state index contributed by atoms with van der Waals surface area (Å²) in [6, 6.07) is 0.252. The minimum absolute atomic E-state index is 0.00892. The predicted molar refractivity (Wildman–Crippen MR) is 77.1 cm³/mol. The third-order valence-corrected chi connectivity index (χ3v) is 5.92. The molecule has 0 amide bonds. The van der Waals surface area contributed by atoms with Crippen molar-refractivity contribution in [2.24, 2.45) is 11.8 Å². The second-order valence-electron chi connectivity index (χ2n) is 7.12. The molecule has 6 nitrogen and oxygen atoms in total. The topological polar surface area (TPSA) is 73.5 Å². The molecular weight excluding hydrogens is 272 g/mol. The first-order valence-corrected chi connectivity index (χ1v) is 8.32. The average molecular weight is 300 g/mol. The Hall–Kier alpha value is -0.240. The smallest absolute Gasteiger partial charge is 0.120 e. The van der Waals surface area contributed by atoms with Gasteiger partial charge in [0.15, 0.2) is 0 Å². The fourth-order valence-electron chi connectivity index (χ4n) is 4.70. The summed E-state index contributed by atoms with van der Waals surface area (Å²) in [6.07, 6.45) is 7.01. The van der Waals surface area contributed by atoms with Gasteiger partial charge in [0.1, 0.15) is 12.1 Å². The molecule has 21 heavy (non-hydrogen) atoms. The second-order valence-corrected chi connectivity index (χ2v) is 7.12. The largest absolute Gasteiger partial charge is 0.634 e. The number of hydroxylamine groups is 4. The van der Waals surface area contributed by atoms with Crippen molar-refractivity contribution in [1.29, 1.82) is 0 Å². The van der Waals surface area contributed by atoms with Gasteiger partial charge in [-0.15, -0.1) is 0 Å². The van der Waals surface area contributed by atoms with E-state index in [1.807, 2.05) is 0 Å². The van der Waals surface area contributed by atoms with Crippen molar-refractivity contribution < 1.29 is 19.9 Å². The Morgan fingerprint density at radius 3 is 1.95 bits per heavy atom. The van der Waals surface area contributed by atoms with Crippen molar-refractivity contribution in [1.82, 2.24) is 0 Å². The van der Waals surface area contributed by atoms with Gasteiger partial charge in [-0.05, 0) is 32.1 Å². The van der Waals surface area contributed by atoms with Crippen LogP contribution in [0.3, 0.4) is 0 Å². The van der Waals surface area contributed by atoms with Crippen LogP contribution in [0.25, 0.3) is 0 Å². The molecule has 3 rings (SSSR count). The Bertz CT molecular complexity index is 347. The van der Waals surface area contributed by atoms with Crippen LogP contribution in [-0.2, 0) is 9.57 Å². The molecule has 3 aliphatic carbocycles. The number of ether oxygens (including phenoxy) is 1. The Morgan fingerprint density at radius 2 is 1.43 bits per heavy atom. The number of methoxy groups -OCH3 is 1. The van der Waals surface area contributed by atoms with E-state index in [9.17, 15) is 10.4 Å². The fraction of sp³-hybridized carbons (Fsp3) is 1.00. The van der Waals surface area contributed by atoms with Crippen molar-refractivity contribution in [2.75, 3.05) is 14.2 Å². The average Bonchev–Trinajstić information content (AvgIpc) is 3.08. The van der Waals surface area contributed by atoms with E-state index in [0.717, 1.165) is 44.9 Å². The fourth-order valence-corrected chi connectivity index (χ4v) is 4.70. The van der Waals surface area contributed by atoms with Gasteiger partial charge in [0, 0.05) is 31.8 Å². The molecule has 0 spiro atoms. The maximum atomic E-state index is 12.4. The molecule has 0 aromatic heterocycles. The van der Waals surface area contributed by atoms with Gasteiger partial charge in [0.25, 0.3) is 0 Å². The zero-order valence-electron chi connectivity index (χ0n) is 13.0. The molecule has 3 fully saturated rings. The lowest BCUT2D eigenvalue weighted by Gasteiger charge is -2.38. The lowest BCUT2D eigenvalue weighted by Crippen LogP contribution is -3.13. The SMILES string of the molecule is COC1CCC(O[NH+]([O-])C2CC3CC2CC3[NH+](C)[O-])CC1. The van der Waals surface area contributed by atoms with Gasteiger partial charge in [0.2, 0.25) is 0 Å². The molecule has 0 aliphatic heterocycles. The van der Waals surface area contributed by atoms with Crippen LogP contribution in [0.1, 0.15) is 44.9 Å². The van der Waals surface area contributed by atoms with Crippen LogP contribution < -0.4 is 10.3 Å². The second kappa shape index (κ2) is 6.48. The molecule has 0 heterocycles. The quantitative estimate of drug-likeness (QED) is 0.668. The molecular formula is C15H28N2O4. The van der Waals surface area contributed by atoms with E-state index in [4.69, 9.17) is 9.57 Å². The lowest BCUT2D eigenvalue weighted by molar-refractivity contribution is -1.08. The minimum atomic E-state index is -0.00892. The number of rotatable bonds is 5. The first-order chi connectivity index (χ1) is 10.1. The number of quaternary nitrogens is 2. The first kappa shape index (κ1) is 15.6. The van der Waals surface area contributed by atoms with Gasteiger partial charge in [-0.2, -0.15) is 0 Å². The summed E-state index contributed by atoms with van der Waals surface area (Å²) in [6.45, 7) is 0. The Morgan fingerprint density at radius 1 is 0.857 bits per heavy atom. The number of hydrogen-bond acceptors (Lipinski definition) is 4. The van der Waals surface area contributed by atoms with Crippen LogP contribution in [0.5, 0.6) is 0 Å². The predicted octanol–water partition coefficient (Wildman–Crippen LogP) is -0.562. The molecule has 0 aromatic carbocycles. The van der Waals surface area contributed by atoms with Crippen molar-refractivity contribution in [3.63, 3.8) is 0 Å². The van der Waals surface area contributed by atoms with Crippen molar-refractivity contribution in [2.45, 2.75) is 69.2 Å². The number of hydrogen-bond donors (Lipinski definition) is 2. The molecule has 0 radical (unpaired) electrons. The van der Waals surface area contributed by atoms with Gasteiger partial charge in [-0.25, -0.2) is 10.1 Å². The summed E-state index contributed by atoms with van der Waals surface area (Å²) in [4.78, 5) is 5.74. The van der Waals surface area contributed by atoms with E-state index in [0.29, 0.717) is 23.0 Å². The molecule has 122 valence electrons. The van der Waals surface area contributed by atoms with E-state index in [-0.39, 0.29) is 23.4 Å². The van der Waals surface area contributed by atoms with Crippen LogP contribution >= 0.6 is 0 Å². The third kappa shape index (κ3) is 3.25. The van der Waals surface area contributed by atoms with Crippen LogP contribution in [0.4, 0.5) is 0 Å². The molecule has 6 atom stereocenters. The van der Waals surface area contributed by atoms with E-state index < -0.39 is 0 Å². The lowest BCUT2D eigenvalue weighted by atomic mass is 9.91. The van der Waals surface area contributed by atoms with Crippen LogP contribution in [-0.4, -0.2) is 38.4 Å². The number of nitrogens with one attached hydrogen (secondary N) is 2. The van der Waals surface area contributed by atoms with Gasteiger partial charge in [-0.3, -0.25) is 0 Å². The van der Waals surface area contributed by atoms with E-state index in [1.54, 1.807) is 14.2 Å². The zero-order chi connectivity index (χ0) is 15.0. The Labute approximate surface area is 126 Å². The minimum Gasteiger partial charge on any atom is -0.634 e. The van der Waals surface area contributed by atoms with Gasteiger partial charge >= 0.3 is 0 Å². The summed E-state index contributed by atoms with van der Waals surface area (Å²) >= 11 is 0. The monoisotopic (exact) mass is 300 g/mol. The first-order valence-electron chi connectivity index (χ1n) is 8.32. The van der Waals surface area contributed by atoms with Crippen molar-refractivity contribution >= 4 is 0 Å². The zero-order valence-corrected chi connectivity index (χ0v) is 13.0. The molecule has 6 heteroatoms. The van der Waals surface area contributed by atoms with Crippen LogP contribution in [0, 0.1) is 22.3 Å². The highest BCUT2D eigenvalue weighted by molar-refractivity contribution is 4.95. The summed E-state index contributed by atoms with van der Waals surface area (Å²) in [5.74, 6) is 0.806. The van der Waals surface area contributed by atoms with Crippen LogP contribution in [0.15, 0.2) is 0 Å². The summed E-state index contributed by atoms with van der Waals surface area (Å²) in [5.41, 5.74) is 0. The molecule has 2 bridgehead atoms. The highest BCUT2D eigenvalue weighted by Crippen LogP contribution is 2.42. The van der Waals surface area contributed by atoms with Gasteiger partial charge < -0.3 is 20.2 Å². The highest BCUT2D eigenvalue weighted by Gasteiger charge is 2.52. The third-order valence-electron chi connectivity index (χ3n) is 5.92. The van der Waals surface area contributed by atoms with Gasteiger partial charge in [-0.1, -0.05) is 0 Å². The normalized spacial score (nSPS) is 45.7. The molecule has 3 aliphatic rings. The molecule has 2 N–H and O–H groups in total. The standard InChI is InChI=1S/C15H28N2O4/c1-16(18)14-8-11-7-10(14)9-15(11)17(19)21-13-5-3-12(20-2)4-6-13/h10-17H,3-9H2,1-2H3. The van der Waals surface area contributed by atoms with Crippen molar-refractivity contribution in [3.05, 3.63) is 10.4 Å². The molecule has 3 saturated carbocycles. The summed E-state index contributed by atoms with van der Waals surface area (Å²) in [5, 5.41) is 24.2.